The number of amides is 1. The van der Waals surface area contributed by atoms with Crippen molar-refractivity contribution in [3.63, 3.8) is 0 Å². The normalized spacial score (nSPS) is 14.0. The van der Waals surface area contributed by atoms with E-state index < -0.39 is 36.2 Å². The van der Waals surface area contributed by atoms with E-state index in [9.17, 15) is 24.6 Å². The molecule has 2 aromatic rings. The lowest BCUT2D eigenvalue weighted by atomic mass is 10.1. The second kappa shape index (κ2) is 6.63. The second-order valence-electron chi connectivity index (χ2n) is 5.30. The maximum Gasteiger partial charge on any atom is 0.327 e. The first-order valence-electron chi connectivity index (χ1n) is 7.03. The summed E-state index contributed by atoms with van der Waals surface area (Å²) < 4.78 is 0.733. The quantitative estimate of drug-likeness (QED) is 0.627. The van der Waals surface area contributed by atoms with Crippen LogP contribution in [0.3, 0.4) is 0 Å². The predicted octanol–water partition coefficient (Wildman–Crippen LogP) is 1.10. The summed E-state index contributed by atoms with van der Waals surface area (Å²) in [7, 11) is 0. The van der Waals surface area contributed by atoms with Crippen molar-refractivity contribution in [2.24, 2.45) is 4.99 Å². The SMILES string of the molecule is O=C(O)CC(C(=O)O)n1c(O)c(C2=c3cc(Cl)ccc3=NC2=O)sc1=S. The Labute approximate surface area is 158 Å². The van der Waals surface area contributed by atoms with E-state index in [4.69, 9.17) is 28.9 Å². The Balaban J connectivity index is 2.27. The van der Waals surface area contributed by atoms with E-state index >= 15 is 0 Å². The lowest BCUT2D eigenvalue weighted by Gasteiger charge is -2.13. The minimum atomic E-state index is -1.61. The fraction of sp³-hybridized carbons (Fsp3) is 0.133. The van der Waals surface area contributed by atoms with Crippen molar-refractivity contribution in [1.82, 2.24) is 4.57 Å². The monoisotopic (exact) mass is 412 g/mol. The van der Waals surface area contributed by atoms with Crippen molar-refractivity contribution < 1.29 is 29.7 Å². The fourth-order valence-electron chi connectivity index (χ4n) is 2.58. The van der Waals surface area contributed by atoms with Crippen LogP contribution >= 0.6 is 35.2 Å². The molecule has 1 amide bonds. The molecule has 1 aromatic carbocycles. The van der Waals surface area contributed by atoms with E-state index in [2.05, 4.69) is 4.99 Å². The molecule has 0 bridgehead atoms. The number of aromatic nitrogens is 1. The van der Waals surface area contributed by atoms with E-state index in [1.54, 1.807) is 12.1 Å². The number of carbonyl (C=O) groups is 3. The Bertz CT molecular complexity index is 1150. The molecule has 1 atom stereocenters. The van der Waals surface area contributed by atoms with Crippen molar-refractivity contribution in [2.45, 2.75) is 12.5 Å². The van der Waals surface area contributed by atoms with E-state index in [0.29, 0.717) is 15.6 Å². The van der Waals surface area contributed by atoms with Gasteiger partial charge in [-0.3, -0.25) is 14.2 Å². The van der Waals surface area contributed by atoms with Gasteiger partial charge in [-0.05, 0) is 30.4 Å². The number of halogens is 1. The molecule has 3 rings (SSSR count). The first kappa shape index (κ1) is 18.2. The number of hydrogen-bond acceptors (Lipinski definition) is 6. The summed E-state index contributed by atoms with van der Waals surface area (Å²) in [6, 6.07) is 2.98. The highest BCUT2D eigenvalue weighted by molar-refractivity contribution is 7.73. The Kier molecular flexibility index (Phi) is 4.65. The fourth-order valence-corrected chi connectivity index (χ4v) is 4.19. The summed E-state index contributed by atoms with van der Waals surface area (Å²) >= 11 is 11.8. The molecule has 0 radical (unpaired) electrons. The molecule has 0 saturated heterocycles. The molecule has 0 saturated carbocycles. The maximum absolute atomic E-state index is 12.3. The molecule has 1 aliphatic rings. The third-order valence-electron chi connectivity index (χ3n) is 3.67. The van der Waals surface area contributed by atoms with Gasteiger partial charge >= 0.3 is 11.9 Å². The van der Waals surface area contributed by atoms with Crippen LogP contribution in [0.1, 0.15) is 17.3 Å². The highest BCUT2D eigenvalue weighted by Crippen LogP contribution is 2.35. The van der Waals surface area contributed by atoms with Crippen LogP contribution in [0.2, 0.25) is 5.02 Å². The topological polar surface area (TPSA) is 129 Å². The number of rotatable bonds is 5. The Hall–Kier alpha value is -2.56. The number of aliphatic carboxylic acids is 2. The van der Waals surface area contributed by atoms with Gasteiger partial charge in [-0.2, -0.15) is 0 Å². The summed E-state index contributed by atoms with van der Waals surface area (Å²) in [6.45, 7) is 0. The zero-order valence-corrected chi connectivity index (χ0v) is 15.1. The predicted molar refractivity (Wildman–Crippen MR) is 93.5 cm³/mol. The van der Waals surface area contributed by atoms with Crippen molar-refractivity contribution >= 4 is 58.6 Å². The molecule has 0 fully saturated rings. The highest BCUT2D eigenvalue weighted by Gasteiger charge is 2.31. The minimum absolute atomic E-state index is 0.0152. The number of carboxylic acids is 2. The molecular weight excluding hydrogens is 404 g/mol. The molecule has 1 aromatic heterocycles. The zero-order chi connectivity index (χ0) is 19.2. The molecule has 26 heavy (non-hydrogen) atoms. The van der Waals surface area contributed by atoms with Gasteiger partial charge in [0, 0.05) is 10.2 Å². The average Bonchev–Trinajstić information content (AvgIpc) is 3.00. The van der Waals surface area contributed by atoms with Crippen LogP contribution in [0.4, 0.5) is 0 Å². The standard InChI is InChI=1S/C15H9ClN2O6S2/c16-5-1-2-7-6(3-5)10(12(21)17-7)11-13(22)18(15(25)26-11)8(14(23)24)4-9(19)20/h1-3,8,22H,4H2,(H,19,20)(H,23,24). The first-order valence-corrected chi connectivity index (χ1v) is 8.63. The molecule has 134 valence electrons. The Morgan fingerprint density at radius 1 is 1.35 bits per heavy atom. The van der Waals surface area contributed by atoms with Gasteiger partial charge in [-0.1, -0.05) is 11.6 Å². The molecule has 0 spiro atoms. The summed E-state index contributed by atoms with van der Waals surface area (Å²) in [6.07, 6.45) is -0.788. The van der Waals surface area contributed by atoms with Crippen LogP contribution in [-0.4, -0.2) is 37.7 Å². The van der Waals surface area contributed by atoms with Crippen molar-refractivity contribution in [2.75, 3.05) is 0 Å². The summed E-state index contributed by atoms with van der Waals surface area (Å²) in [5.41, 5.74) is 0.0364. The summed E-state index contributed by atoms with van der Waals surface area (Å²) in [4.78, 5) is 38.6. The number of carbonyl (C=O) groups excluding carboxylic acids is 1. The summed E-state index contributed by atoms with van der Waals surface area (Å²) in [5, 5.41) is 29.8. The smallest absolute Gasteiger partial charge is 0.327 e. The average molecular weight is 413 g/mol. The third-order valence-corrected chi connectivity index (χ3v) is 5.32. The molecule has 1 aliphatic heterocycles. The molecule has 1 unspecified atom stereocenters. The van der Waals surface area contributed by atoms with Gasteiger partial charge in [-0.25, -0.2) is 9.79 Å². The van der Waals surface area contributed by atoms with Crippen molar-refractivity contribution in [3.05, 3.63) is 42.6 Å². The van der Waals surface area contributed by atoms with E-state index in [1.165, 1.54) is 6.07 Å². The Morgan fingerprint density at radius 3 is 2.65 bits per heavy atom. The highest BCUT2D eigenvalue weighted by atomic mass is 35.5. The number of hydrogen-bond donors (Lipinski definition) is 3. The van der Waals surface area contributed by atoms with Gasteiger partial charge in [0.25, 0.3) is 5.91 Å². The van der Waals surface area contributed by atoms with Gasteiger partial charge in [0.1, 0.15) is 10.9 Å². The van der Waals surface area contributed by atoms with Gasteiger partial charge in [-0.15, -0.1) is 11.3 Å². The molecule has 3 N–H and O–H groups in total. The summed E-state index contributed by atoms with van der Waals surface area (Å²) in [5.74, 6) is -4.08. The third kappa shape index (κ3) is 3.02. The second-order valence-corrected chi connectivity index (χ2v) is 7.38. The van der Waals surface area contributed by atoms with Crippen LogP contribution < -0.4 is 10.6 Å². The zero-order valence-electron chi connectivity index (χ0n) is 12.7. The van der Waals surface area contributed by atoms with E-state index in [1.807, 2.05) is 0 Å². The van der Waals surface area contributed by atoms with Gasteiger partial charge in [0.2, 0.25) is 5.88 Å². The van der Waals surface area contributed by atoms with E-state index in [-0.39, 0.29) is 14.4 Å². The molecular formula is C15H9ClN2O6S2. The van der Waals surface area contributed by atoms with Crippen LogP contribution in [0.25, 0.3) is 5.57 Å². The maximum atomic E-state index is 12.3. The molecule has 11 heteroatoms. The lowest BCUT2D eigenvalue weighted by molar-refractivity contribution is -0.147. The first-order chi connectivity index (χ1) is 12.2. The molecule has 0 aliphatic carbocycles. The van der Waals surface area contributed by atoms with Crippen LogP contribution in [-0.2, 0) is 14.4 Å². The molecule has 8 nitrogen and oxygen atoms in total. The number of benzene rings is 1. The van der Waals surface area contributed by atoms with Crippen LogP contribution in [0, 0.1) is 3.95 Å². The number of nitrogens with zero attached hydrogens (tertiary/aromatic N) is 2. The lowest BCUT2D eigenvalue weighted by Crippen LogP contribution is -2.23. The largest absolute Gasteiger partial charge is 0.493 e. The minimum Gasteiger partial charge on any atom is -0.493 e. The number of fused-ring (bicyclic) bond motifs is 1. The number of thiazole rings is 1. The van der Waals surface area contributed by atoms with Gasteiger partial charge < -0.3 is 15.3 Å². The Morgan fingerprint density at radius 2 is 2.04 bits per heavy atom. The van der Waals surface area contributed by atoms with Crippen molar-refractivity contribution in [1.29, 1.82) is 0 Å². The number of aromatic hydroxyl groups is 1. The van der Waals surface area contributed by atoms with Crippen LogP contribution in [0.15, 0.2) is 23.2 Å². The number of carboxylic acid groups (broad SMARTS) is 2. The van der Waals surface area contributed by atoms with Gasteiger partial charge in [0.05, 0.1) is 17.4 Å². The van der Waals surface area contributed by atoms with Crippen molar-refractivity contribution in [3.8, 4) is 5.88 Å². The van der Waals surface area contributed by atoms with Gasteiger partial charge in [0.15, 0.2) is 3.95 Å². The van der Waals surface area contributed by atoms with E-state index in [0.717, 1.165) is 15.9 Å². The molecule has 2 heterocycles. The van der Waals surface area contributed by atoms with Crippen LogP contribution in [0.5, 0.6) is 5.88 Å².